The molecule has 1 heterocycles. The highest BCUT2D eigenvalue weighted by atomic mass is 16.7. The number of hydrogen-bond donors (Lipinski definition) is 1. The van der Waals surface area contributed by atoms with Gasteiger partial charge in [-0.15, -0.1) is 0 Å². The first-order valence-corrected chi connectivity index (χ1v) is 2.36. The molecule has 0 aromatic carbocycles. The zero-order valence-corrected chi connectivity index (χ0v) is 4.49. The van der Waals surface area contributed by atoms with E-state index in [0.717, 1.165) is 0 Å². The van der Waals surface area contributed by atoms with Gasteiger partial charge in [0, 0.05) is 0 Å². The Labute approximate surface area is 50.9 Å². The number of cyclic esters (lactones) is 1. The molecule has 1 rings (SSSR count). The summed E-state index contributed by atoms with van der Waals surface area (Å²) >= 11 is 0. The van der Waals surface area contributed by atoms with Gasteiger partial charge < -0.3 is 14.8 Å². The Morgan fingerprint density at radius 3 is 3.11 bits per heavy atom. The Balaban J connectivity index is 2.29. The fraction of sp³-hybridized carbons (Fsp3) is 0.500. The molecule has 1 atom stereocenters. The lowest BCUT2D eigenvalue weighted by atomic mass is 10.7. The average Bonchev–Trinajstić information content (AvgIpc) is 2.17. The number of ether oxygens (including phenoxy) is 2. The van der Waals surface area contributed by atoms with Crippen molar-refractivity contribution in [2.24, 2.45) is 0 Å². The van der Waals surface area contributed by atoms with Crippen LogP contribution in [0.4, 0.5) is 4.79 Å². The van der Waals surface area contributed by atoms with Gasteiger partial charge in [-0.25, -0.2) is 4.79 Å². The minimum Gasteiger partial charge on any atom is -0.425 e. The second kappa shape index (κ2) is 2.34. The molecule has 5 nitrogen and oxygen atoms in total. The van der Waals surface area contributed by atoms with E-state index in [-0.39, 0.29) is 13.0 Å². The molecular formula is C4H5NO4. The summed E-state index contributed by atoms with van der Waals surface area (Å²) in [5.41, 5.74) is 0. The van der Waals surface area contributed by atoms with Crippen LogP contribution in [-0.2, 0) is 14.3 Å². The van der Waals surface area contributed by atoms with Crippen molar-refractivity contribution in [3.05, 3.63) is 0 Å². The zero-order chi connectivity index (χ0) is 6.69. The number of alkyl carbamates (subject to hydrolysis) is 1. The molecule has 1 unspecified atom stereocenters. The van der Waals surface area contributed by atoms with E-state index in [1.165, 1.54) is 0 Å². The molecule has 0 saturated carbocycles. The van der Waals surface area contributed by atoms with Gasteiger partial charge in [-0.3, -0.25) is 4.79 Å². The highest BCUT2D eigenvalue weighted by molar-refractivity contribution is 5.69. The number of carbonyl (C=O) groups excluding carboxylic acids is 2. The molecule has 0 bridgehead atoms. The third-order valence-corrected chi connectivity index (χ3v) is 0.859. The van der Waals surface area contributed by atoms with Crippen molar-refractivity contribution < 1.29 is 19.1 Å². The van der Waals surface area contributed by atoms with Gasteiger partial charge in [0.25, 0.3) is 12.8 Å². The maximum atomic E-state index is 10.2. The number of rotatable bonds is 2. The van der Waals surface area contributed by atoms with Crippen LogP contribution < -0.4 is 5.32 Å². The molecule has 1 amide bonds. The van der Waals surface area contributed by atoms with E-state index in [2.05, 4.69) is 14.8 Å². The van der Waals surface area contributed by atoms with Gasteiger partial charge in [-0.05, 0) is 0 Å². The molecule has 1 fully saturated rings. The number of amides is 1. The molecule has 5 heteroatoms. The van der Waals surface area contributed by atoms with Gasteiger partial charge >= 0.3 is 6.09 Å². The van der Waals surface area contributed by atoms with E-state index < -0.39 is 12.4 Å². The van der Waals surface area contributed by atoms with Crippen molar-refractivity contribution in [2.45, 2.75) is 6.29 Å². The Morgan fingerprint density at radius 1 is 1.89 bits per heavy atom. The molecule has 1 saturated heterocycles. The predicted octanol–water partition coefficient (Wildman–Crippen LogP) is -0.775. The van der Waals surface area contributed by atoms with Crippen LogP contribution in [0.1, 0.15) is 0 Å². The first kappa shape index (κ1) is 5.87. The normalized spacial score (nSPS) is 24.4. The Morgan fingerprint density at radius 2 is 2.67 bits per heavy atom. The largest absolute Gasteiger partial charge is 0.425 e. The third-order valence-electron chi connectivity index (χ3n) is 0.859. The molecule has 50 valence electrons. The molecule has 1 aliphatic rings. The van der Waals surface area contributed by atoms with Gasteiger partial charge in [0.1, 0.15) is 0 Å². The standard InChI is InChI=1S/C4H5NO4/c6-2-8-3-1-5-4(7)9-3/h2-3H,1H2,(H,5,7). The third kappa shape index (κ3) is 1.31. The van der Waals surface area contributed by atoms with Crippen molar-refractivity contribution in [3.63, 3.8) is 0 Å². The van der Waals surface area contributed by atoms with E-state index in [9.17, 15) is 9.59 Å². The van der Waals surface area contributed by atoms with Crippen LogP contribution in [0, 0.1) is 0 Å². The smallest absolute Gasteiger partial charge is 0.410 e. The lowest BCUT2D eigenvalue weighted by Crippen LogP contribution is -2.16. The summed E-state index contributed by atoms with van der Waals surface area (Å²) in [4.78, 5) is 19.8. The first-order valence-electron chi connectivity index (χ1n) is 2.36. The molecule has 0 aromatic heterocycles. The maximum Gasteiger partial charge on any atom is 0.410 e. The van der Waals surface area contributed by atoms with Gasteiger partial charge in [0.15, 0.2) is 0 Å². The molecule has 1 N–H and O–H groups in total. The molecule has 0 radical (unpaired) electrons. The van der Waals surface area contributed by atoms with Crippen molar-refractivity contribution in [1.29, 1.82) is 0 Å². The first-order chi connectivity index (χ1) is 4.33. The highest BCUT2D eigenvalue weighted by Crippen LogP contribution is 1.98. The Bertz CT molecular complexity index is 135. The summed E-state index contributed by atoms with van der Waals surface area (Å²) in [6.07, 6.45) is -1.29. The second-order valence-corrected chi connectivity index (χ2v) is 1.45. The number of nitrogens with one attached hydrogen (secondary N) is 1. The zero-order valence-electron chi connectivity index (χ0n) is 4.49. The van der Waals surface area contributed by atoms with Gasteiger partial charge in [-0.1, -0.05) is 0 Å². The van der Waals surface area contributed by atoms with Crippen molar-refractivity contribution in [1.82, 2.24) is 5.32 Å². The molecule has 0 aromatic rings. The lowest BCUT2D eigenvalue weighted by Gasteiger charge is -2.01. The van der Waals surface area contributed by atoms with Crippen LogP contribution >= 0.6 is 0 Å². The summed E-state index contributed by atoms with van der Waals surface area (Å²) in [5, 5.41) is 2.31. The fourth-order valence-electron chi connectivity index (χ4n) is 0.507. The number of carbonyl (C=O) groups is 2. The van der Waals surface area contributed by atoms with E-state index in [0.29, 0.717) is 0 Å². The molecular weight excluding hydrogens is 126 g/mol. The van der Waals surface area contributed by atoms with Crippen LogP contribution in [0.2, 0.25) is 0 Å². The summed E-state index contributed by atoms with van der Waals surface area (Å²) < 4.78 is 8.69. The molecule has 9 heavy (non-hydrogen) atoms. The number of hydrogen-bond acceptors (Lipinski definition) is 4. The quantitative estimate of drug-likeness (QED) is 0.499. The van der Waals surface area contributed by atoms with E-state index in [1.54, 1.807) is 0 Å². The SMILES string of the molecule is O=COC1CNC(=O)O1. The van der Waals surface area contributed by atoms with E-state index >= 15 is 0 Å². The minimum atomic E-state index is -0.741. The molecule has 1 aliphatic heterocycles. The predicted molar refractivity (Wildman–Crippen MR) is 25.4 cm³/mol. The maximum absolute atomic E-state index is 10.2. The minimum absolute atomic E-state index is 0.234. The van der Waals surface area contributed by atoms with Crippen molar-refractivity contribution in [2.75, 3.05) is 6.54 Å². The summed E-state index contributed by atoms with van der Waals surface area (Å²) in [6, 6.07) is 0. The Kier molecular flexibility index (Phi) is 1.53. The van der Waals surface area contributed by atoms with Crippen LogP contribution in [0.3, 0.4) is 0 Å². The van der Waals surface area contributed by atoms with Crippen LogP contribution in [0.5, 0.6) is 0 Å². The topological polar surface area (TPSA) is 64.6 Å². The summed E-state index contributed by atoms with van der Waals surface area (Å²) in [6.45, 7) is 0.475. The summed E-state index contributed by atoms with van der Waals surface area (Å²) in [7, 11) is 0. The van der Waals surface area contributed by atoms with Gasteiger partial charge in [-0.2, -0.15) is 0 Å². The van der Waals surface area contributed by atoms with Crippen molar-refractivity contribution in [3.8, 4) is 0 Å². The van der Waals surface area contributed by atoms with Gasteiger partial charge in [0.2, 0.25) is 0 Å². The molecule has 0 spiro atoms. The Hall–Kier alpha value is -1.26. The van der Waals surface area contributed by atoms with E-state index in [1.807, 2.05) is 0 Å². The highest BCUT2D eigenvalue weighted by Gasteiger charge is 2.22. The van der Waals surface area contributed by atoms with Crippen LogP contribution in [0.15, 0.2) is 0 Å². The second-order valence-electron chi connectivity index (χ2n) is 1.45. The summed E-state index contributed by atoms with van der Waals surface area (Å²) in [5.74, 6) is 0. The lowest BCUT2D eigenvalue weighted by molar-refractivity contribution is -0.146. The monoisotopic (exact) mass is 131 g/mol. The fourth-order valence-corrected chi connectivity index (χ4v) is 0.507. The molecule has 0 aliphatic carbocycles. The van der Waals surface area contributed by atoms with Crippen molar-refractivity contribution >= 4 is 12.6 Å². The average molecular weight is 131 g/mol. The van der Waals surface area contributed by atoms with Crippen LogP contribution in [0.25, 0.3) is 0 Å². The van der Waals surface area contributed by atoms with Gasteiger partial charge in [0.05, 0.1) is 6.54 Å². The van der Waals surface area contributed by atoms with Crippen LogP contribution in [-0.4, -0.2) is 25.4 Å². The van der Waals surface area contributed by atoms with E-state index in [4.69, 9.17) is 0 Å².